The van der Waals surface area contributed by atoms with Gasteiger partial charge in [-0.05, 0) is 31.4 Å². The molecule has 1 fully saturated rings. The summed E-state index contributed by atoms with van der Waals surface area (Å²) in [6.07, 6.45) is -4.66. The number of nitrogens with one attached hydrogen (secondary N) is 1. The van der Waals surface area contributed by atoms with Gasteiger partial charge in [0.25, 0.3) is 0 Å². The fourth-order valence-electron chi connectivity index (χ4n) is 2.65. The summed E-state index contributed by atoms with van der Waals surface area (Å²) in [4.78, 5) is 13.1. The fraction of sp³-hybridized carbons (Fsp3) is 0.533. The highest BCUT2D eigenvalue weighted by Gasteiger charge is 2.44. The molecule has 1 saturated heterocycles. The molecular formula is C15H19F3N2O. The van der Waals surface area contributed by atoms with Crippen LogP contribution in [0.2, 0.25) is 0 Å². The molecular weight excluding hydrogens is 281 g/mol. The van der Waals surface area contributed by atoms with Crippen LogP contribution in [-0.2, 0) is 4.79 Å². The summed E-state index contributed by atoms with van der Waals surface area (Å²) in [5.74, 6) is -0.485. The Morgan fingerprint density at radius 1 is 1.29 bits per heavy atom. The maximum absolute atomic E-state index is 12.8. The standard InChI is InChI=1S/C15H19F3N2O/c1-4-12-14(21)20(8-15(16,17)18)13(19-12)11-7-9(2)5-6-10(11)3/h5-7,12-13,19H,4,8H2,1-3H3. The molecule has 1 heterocycles. The van der Waals surface area contributed by atoms with E-state index in [1.165, 1.54) is 0 Å². The molecule has 3 nitrogen and oxygen atoms in total. The van der Waals surface area contributed by atoms with E-state index in [0.717, 1.165) is 21.6 Å². The smallest absolute Gasteiger partial charge is 0.312 e. The zero-order valence-corrected chi connectivity index (χ0v) is 12.3. The Labute approximate surface area is 122 Å². The van der Waals surface area contributed by atoms with Crippen molar-refractivity contribution in [1.29, 1.82) is 0 Å². The molecule has 0 saturated carbocycles. The fourth-order valence-corrected chi connectivity index (χ4v) is 2.65. The Bertz CT molecular complexity index is 542. The normalized spacial score (nSPS) is 23.0. The molecule has 1 amide bonds. The molecule has 2 rings (SSSR count). The Balaban J connectivity index is 2.39. The maximum atomic E-state index is 12.8. The van der Waals surface area contributed by atoms with Gasteiger partial charge < -0.3 is 4.90 Å². The number of hydrogen-bond donors (Lipinski definition) is 1. The molecule has 0 aromatic heterocycles. The zero-order valence-electron chi connectivity index (χ0n) is 12.3. The lowest BCUT2D eigenvalue weighted by molar-refractivity contribution is -0.161. The molecule has 1 aliphatic heterocycles. The molecule has 1 N–H and O–H groups in total. The monoisotopic (exact) mass is 300 g/mol. The van der Waals surface area contributed by atoms with E-state index in [4.69, 9.17) is 0 Å². The minimum absolute atomic E-state index is 0.467. The predicted octanol–water partition coefficient (Wildman–Crippen LogP) is 3.07. The number of carbonyl (C=O) groups is 1. The average molecular weight is 300 g/mol. The number of carbonyl (C=O) groups excluding carboxylic acids is 1. The van der Waals surface area contributed by atoms with Gasteiger partial charge in [0.05, 0.1) is 6.04 Å². The second kappa shape index (κ2) is 5.67. The first-order valence-electron chi connectivity index (χ1n) is 6.93. The molecule has 1 aromatic rings. The van der Waals surface area contributed by atoms with Crippen LogP contribution in [0.4, 0.5) is 13.2 Å². The molecule has 0 radical (unpaired) electrons. The van der Waals surface area contributed by atoms with Crippen LogP contribution < -0.4 is 5.32 Å². The van der Waals surface area contributed by atoms with Crippen molar-refractivity contribution in [2.45, 2.75) is 45.6 Å². The van der Waals surface area contributed by atoms with Gasteiger partial charge in [-0.15, -0.1) is 0 Å². The van der Waals surface area contributed by atoms with Crippen LogP contribution in [0, 0.1) is 13.8 Å². The number of amides is 1. The van der Waals surface area contributed by atoms with Crippen LogP contribution in [0.15, 0.2) is 18.2 Å². The lowest BCUT2D eigenvalue weighted by Gasteiger charge is -2.27. The van der Waals surface area contributed by atoms with Gasteiger partial charge in [0.15, 0.2) is 0 Å². The first kappa shape index (κ1) is 15.8. The molecule has 6 heteroatoms. The van der Waals surface area contributed by atoms with Crippen molar-refractivity contribution < 1.29 is 18.0 Å². The molecule has 1 aliphatic rings. The number of alkyl halides is 3. The van der Waals surface area contributed by atoms with Crippen LogP contribution in [-0.4, -0.2) is 29.6 Å². The van der Waals surface area contributed by atoms with E-state index in [1.54, 1.807) is 6.92 Å². The third-order valence-corrected chi connectivity index (χ3v) is 3.74. The molecule has 1 aromatic carbocycles. The van der Waals surface area contributed by atoms with Gasteiger partial charge in [-0.2, -0.15) is 13.2 Å². The highest BCUT2D eigenvalue weighted by molar-refractivity contribution is 5.84. The van der Waals surface area contributed by atoms with Gasteiger partial charge >= 0.3 is 6.18 Å². The van der Waals surface area contributed by atoms with Crippen LogP contribution in [0.5, 0.6) is 0 Å². The van der Waals surface area contributed by atoms with Gasteiger partial charge in [0.1, 0.15) is 12.7 Å². The Hall–Kier alpha value is -1.56. The van der Waals surface area contributed by atoms with E-state index in [9.17, 15) is 18.0 Å². The lowest BCUT2D eigenvalue weighted by Crippen LogP contribution is -2.39. The van der Waals surface area contributed by atoms with Crippen LogP contribution >= 0.6 is 0 Å². The van der Waals surface area contributed by atoms with E-state index in [0.29, 0.717) is 6.42 Å². The Morgan fingerprint density at radius 2 is 1.95 bits per heavy atom. The quantitative estimate of drug-likeness (QED) is 0.930. The third kappa shape index (κ3) is 3.37. The summed E-state index contributed by atoms with van der Waals surface area (Å²) in [6.45, 7) is 4.28. The lowest BCUT2D eigenvalue weighted by atomic mass is 10.0. The molecule has 2 atom stereocenters. The van der Waals surface area contributed by atoms with Gasteiger partial charge in [-0.25, -0.2) is 0 Å². The predicted molar refractivity (Wildman–Crippen MR) is 73.6 cm³/mol. The van der Waals surface area contributed by atoms with Crippen molar-refractivity contribution in [3.8, 4) is 0 Å². The Morgan fingerprint density at radius 3 is 2.52 bits per heavy atom. The molecule has 21 heavy (non-hydrogen) atoms. The number of aryl methyl sites for hydroxylation is 2. The van der Waals surface area contributed by atoms with E-state index < -0.39 is 30.8 Å². The zero-order chi connectivity index (χ0) is 15.8. The minimum atomic E-state index is -4.41. The molecule has 0 aliphatic carbocycles. The van der Waals surface area contributed by atoms with Gasteiger partial charge in [-0.3, -0.25) is 10.1 Å². The van der Waals surface area contributed by atoms with Gasteiger partial charge in [0, 0.05) is 0 Å². The third-order valence-electron chi connectivity index (χ3n) is 3.74. The average Bonchev–Trinajstić information content (AvgIpc) is 2.68. The number of rotatable bonds is 3. The van der Waals surface area contributed by atoms with E-state index in [1.807, 2.05) is 32.0 Å². The van der Waals surface area contributed by atoms with Crippen molar-refractivity contribution in [2.75, 3.05) is 6.54 Å². The topological polar surface area (TPSA) is 32.3 Å². The SMILES string of the molecule is CCC1NC(c2cc(C)ccc2C)N(CC(F)(F)F)C1=O. The van der Waals surface area contributed by atoms with Crippen molar-refractivity contribution in [3.05, 3.63) is 34.9 Å². The van der Waals surface area contributed by atoms with E-state index in [-0.39, 0.29) is 0 Å². The van der Waals surface area contributed by atoms with Crippen LogP contribution in [0.25, 0.3) is 0 Å². The van der Waals surface area contributed by atoms with Crippen molar-refractivity contribution >= 4 is 5.91 Å². The molecule has 0 spiro atoms. The summed E-state index contributed by atoms with van der Waals surface area (Å²) in [5, 5.41) is 3.02. The summed E-state index contributed by atoms with van der Waals surface area (Å²) in [6, 6.07) is 5.04. The van der Waals surface area contributed by atoms with Crippen molar-refractivity contribution in [3.63, 3.8) is 0 Å². The second-order valence-electron chi connectivity index (χ2n) is 5.47. The first-order chi connectivity index (χ1) is 9.73. The van der Waals surface area contributed by atoms with Crippen molar-refractivity contribution in [1.82, 2.24) is 10.2 Å². The van der Waals surface area contributed by atoms with Gasteiger partial charge in [-0.1, -0.05) is 30.7 Å². The minimum Gasteiger partial charge on any atom is -0.312 e. The Kier molecular flexibility index (Phi) is 4.27. The first-order valence-corrected chi connectivity index (χ1v) is 6.93. The maximum Gasteiger partial charge on any atom is 0.406 e. The molecule has 0 bridgehead atoms. The summed E-state index contributed by atoms with van der Waals surface area (Å²) < 4.78 is 38.3. The van der Waals surface area contributed by atoms with E-state index >= 15 is 0 Å². The largest absolute Gasteiger partial charge is 0.406 e. The second-order valence-corrected chi connectivity index (χ2v) is 5.47. The number of hydrogen-bond acceptors (Lipinski definition) is 2. The highest BCUT2D eigenvalue weighted by Crippen LogP contribution is 2.32. The number of nitrogens with zero attached hydrogens (tertiary/aromatic N) is 1. The molecule has 2 unspecified atom stereocenters. The highest BCUT2D eigenvalue weighted by atomic mass is 19.4. The summed E-state index contributed by atoms with van der Waals surface area (Å²) >= 11 is 0. The van der Waals surface area contributed by atoms with Gasteiger partial charge in [0.2, 0.25) is 5.91 Å². The summed E-state index contributed by atoms with van der Waals surface area (Å²) in [7, 11) is 0. The number of halogens is 3. The van der Waals surface area contributed by atoms with Crippen LogP contribution in [0.1, 0.15) is 36.2 Å². The summed E-state index contributed by atoms with van der Waals surface area (Å²) in [5.41, 5.74) is 2.55. The van der Waals surface area contributed by atoms with E-state index in [2.05, 4.69) is 5.32 Å². The van der Waals surface area contributed by atoms with Crippen LogP contribution in [0.3, 0.4) is 0 Å². The number of benzene rings is 1. The van der Waals surface area contributed by atoms with Crippen molar-refractivity contribution in [2.24, 2.45) is 0 Å². The molecule has 116 valence electrons.